The van der Waals surface area contributed by atoms with Gasteiger partial charge in [0.05, 0.1) is 0 Å². The Hall–Kier alpha value is -2.40. The monoisotopic (exact) mass is 190 g/mol. The van der Waals surface area contributed by atoms with E-state index in [0.717, 1.165) is 0 Å². The molecule has 0 saturated heterocycles. The summed E-state index contributed by atoms with van der Waals surface area (Å²) in [5, 5.41) is 0. The molecule has 0 bridgehead atoms. The Morgan fingerprint density at radius 3 is 0.533 bits per heavy atom. The third-order valence-corrected chi connectivity index (χ3v) is 1.38. The minimum Gasteiger partial charge on any atom is -0.120 e. The number of hydrogen-bond donors (Lipinski definition) is 0. The smallest absolute Gasteiger partial charge is 0.0122 e. The van der Waals surface area contributed by atoms with Crippen LogP contribution in [0.2, 0.25) is 0 Å². The predicted molar refractivity (Wildman–Crippen MR) is 63.3 cm³/mol. The van der Waals surface area contributed by atoms with Crippen LogP contribution in [0.15, 0.2) is 89.4 Å². The Kier molecular flexibility index (Phi) is 5.84. The van der Waals surface area contributed by atoms with Gasteiger partial charge >= 0.3 is 0 Å². The van der Waals surface area contributed by atoms with Gasteiger partial charge in [-0.15, -0.1) is 28.7 Å². The van der Waals surface area contributed by atoms with E-state index in [-0.39, 0.29) is 0 Å². The zero-order valence-electron chi connectivity index (χ0n) is 8.27. The summed E-state index contributed by atoms with van der Waals surface area (Å²) in [6.07, 6.45) is 17.8. The molecular formula is C15H10. The Bertz CT molecular complexity index is 358. The van der Waals surface area contributed by atoms with Gasteiger partial charge in [-0.05, 0) is 60.8 Å². The molecule has 1 aliphatic rings. The summed E-state index contributed by atoms with van der Waals surface area (Å²) in [5.41, 5.74) is 14.7. The van der Waals surface area contributed by atoms with Gasteiger partial charge in [-0.3, -0.25) is 0 Å². The topological polar surface area (TPSA) is 0 Å². The molecule has 0 amide bonds. The summed E-state index contributed by atoms with van der Waals surface area (Å²) in [6.45, 7) is 0. The summed E-state index contributed by atoms with van der Waals surface area (Å²) in [4.78, 5) is 0. The highest BCUT2D eigenvalue weighted by Crippen LogP contribution is 1.79. The van der Waals surface area contributed by atoms with Crippen LogP contribution in [0.4, 0.5) is 0 Å². The van der Waals surface area contributed by atoms with Crippen LogP contribution in [0, 0.1) is 0 Å². The molecule has 0 fully saturated rings. The van der Waals surface area contributed by atoms with Crippen molar-refractivity contribution in [3.8, 4) is 0 Å². The van der Waals surface area contributed by atoms with Gasteiger partial charge in [-0.2, -0.15) is 0 Å². The highest BCUT2D eigenvalue weighted by molar-refractivity contribution is 5.14. The first-order chi connectivity index (χ1) is 7.50. The first kappa shape index (κ1) is 10.7. The van der Waals surface area contributed by atoms with E-state index >= 15 is 0 Å². The molecule has 0 aromatic rings. The van der Waals surface area contributed by atoms with Gasteiger partial charge in [0, 0.05) is 0 Å². The molecule has 0 unspecified atom stereocenters. The maximum Gasteiger partial charge on any atom is -0.0122 e. The second-order valence-corrected chi connectivity index (χ2v) is 2.50. The normalized spacial score (nSPS) is 13.3. The van der Waals surface area contributed by atoms with Crippen LogP contribution >= 0.6 is 0 Å². The van der Waals surface area contributed by atoms with Gasteiger partial charge in [0.2, 0.25) is 0 Å². The van der Waals surface area contributed by atoms with Crippen molar-refractivity contribution >= 4 is 0 Å². The largest absolute Gasteiger partial charge is 0.120 e. The first-order valence-electron chi connectivity index (χ1n) is 4.55. The van der Waals surface area contributed by atoms with Crippen LogP contribution < -0.4 is 0 Å². The molecule has 70 valence electrons. The molecule has 0 radical (unpaired) electrons. The molecule has 0 saturated carbocycles. The SMILES string of the molecule is C1=CC=C=CC=C=CC=C=CC=C=CC=1. The number of rotatable bonds is 0. The molecule has 0 N–H and O–H groups in total. The van der Waals surface area contributed by atoms with Gasteiger partial charge in [0.25, 0.3) is 0 Å². The maximum absolute atomic E-state index is 2.94. The van der Waals surface area contributed by atoms with E-state index in [0.29, 0.717) is 0 Å². The summed E-state index contributed by atoms with van der Waals surface area (Å²) in [6, 6.07) is 0. The van der Waals surface area contributed by atoms with Crippen LogP contribution in [0.3, 0.4) is 0 Å². The number of allylic oxidation sites excluding steroid dienone is 5. The minimum absolute atomic E-state index is 1.78. The van der Waals surface area contributed by atoms with Crippen molar-refractivity contribution in [2.75, 3.05) is 0 Å². The zero-order valence-corrected chi connectivity index (χ0v) is 8.27. The lowest BCUT2D eigenvalue weighted by Crippen LogP contribution is -1.43. The molecular weight excluding hydrogens is 180 g/mol. The second kappa shape index (κ2) is 8.21. The average molecular weight is 190 g/mol. The highest BCUT2D eigenvalue weighted by Gasteiger charge is 1.59. The van der Waals surface area contributed by atoms with Gasteiger partial charge in [-0.25, -0.2) is 0 Å². The van der Waals surface area contributed by atoms with E-state index in [1.54, 1.807) is 60.8 Å². The third kappa shape index (κ3) is 6.73. The van der Waals surface area contributed by atoms with Crippen molar-refractivity contribution in [2.24, 2.45) is 0 Å². The van der Waals surface area contributed by atoms with E-state index in [1.165, 1.54) is 0 Å². The van der Waals surface area contributed by atoms with E-state index in [2.05, 4.69) is 28.7 Å². The summed E-state index contributed by atoms with van der Waals surface area (Å²) in [7, 11) is 0. The lowest BCUT2D eigenvalue weighted by molar-refractivity contribution is 1.93. The van der Waals surface area contributed by atoms with Crippen LogP contribution in [-0.2, 0) is 0 Å². The Balaban J connectivity index is 3.01. The van der Waals surface area contributed by atoms with Crippen LogP contribution in [0.25, 0.3) is 0 Å². The van der Waals surface area contributed by atoms with Crippen molar-refractivity contribution in [1.29, 1.82) is 0 Å². The van der Waals surface area contributed by atoms with Gasteiger partial charge in [0.15, 0.2) is 0 Å². The van der Waals surface area contributed by atoms with E-state index in [1.807, 2.05) is 0 Å². The standard InChI is InChI=1S/C15H10/c1-2-4-6-8-10-12-14-15-13-11-9-7-5-3-1/h1-2,5-8,11-14H. The number of hydrogen-bond acceptors (Lipinski definition) is 0. The zero-order chi connectivity index (χ0) is 10.6. The molecule has 0 heteroatoms. The Morgan fingerprint density at radius 1 is 0.267 bits per heavy atom. The minimum atomic E-state index is 1.78. The molecule has 0 aliphatic heterocycles. The lowest BCUT2D eigenvalue weighted by Gasteiger charge is -1.63. The molecule has 1 aliphatic carbocycles. The fourth-order valence-electron chi connectivity index (χ4n) is 0.759. The molecule has 15 heavy (non-hydrogen) atoms. The highest BCUT2D eigenvalue weighted by atomic mass is 13.6. The average Bonchev–Trinajstić information content (AvgIpc) is 2.27. The van der Waals surface area contributed by atoms with Crippen molar-refractivity contribution < 1.29 is 0 Å². The summed E-state index contributed by atoms with van der Waals surface area (Å²) >= 11 is 0. The van der Waals surface area contributed by atoms with Crippen LogP contribution in [0.1, 0.15) is 0 Å². The first-order valence-corrected chi connectivity index (χ1v) is 4.55. The van der Waals surface area contributed by atoms with Crippen molar-refractivity contribution in [1.82, 2.24) is 0 Å². The summed E-state index contributed by atoms with van der Waals surface area (Å²) < 4.78 is 0. The van der Waals surface area contributed by atoms with E-state index in [4.69, 9.17) is 0 Å². The van der Waals surface area contributed by atoms with E-state index in [9.17, 15) is 0 Å². The van der Waals surface area contributed by atoms with Crippen molar-refractivity contribution in [3.05, 3.63) is 89.4 Å². The molecule has 0 atom stereocenters. The molecule has 0 heterocycles. The maximum atomic E-state index is 2.94. The second-order valence-electron chi connectivity index (χ2n) is 2.50. The van der Waals surface area contributed by atoms with Gasteiger partial charge < -0.3 is 0 Å². The van der Waals surface area contributed by atoms with Crippen LogP contribution in [0.5, 0.6) is 0 Å². The van der Waals surface area contributed by atoms with Crippen molar-refractivity contribution in [2.45, 2.75) is 0 Å². The molecule has 0 aromatic carbocycles. The van der Waals surface area contributed by atoms with E-state index < -0.39 is 0 Å². The summed E-state index contributed by atoms with van der Waals surface area (Å²) in [5.74, 6) is 0. The molecule has 1 rings (SSSR count). The van der Waals surface area contributed by atoms with Crippen LogP contribution in [-0.4, -0.2) is 0 Å². The predicted octanol–water partition coefficient (Wildman–Crippen LogP) is 3.56. The quantitative estimate of drug-likeness (QED) is 0.512. The molecule has 0 aromatic heterocycles. The van der Waals surface area contributed by atoms with Gasteiger partial charge in [-0.1, -0.05) is 0 Å². The molecule has 0 nitrogen and oxygen atoms in total. The fourth-order valence-corrected chi connectivity index (χ4v) is 0.759. The van der Waals surface area contributed by atoms with Gasteiger partial charge in [0.1, 0.15) is 0 Å². The Morgan fingerprint density at radius 2 is 0.400 bits per heavy atom. The fraction of sp³-hybridized carbons (Fsp3) is 0. The third-order valence-electron chi connectivity index (χ3n) is 1.38. The van der Waals surface area contributed by atoms with Crippen molar-refractivity contribution in [3.63, 3.8) is 0 Å². The lowest BCUT2D eigenvalue weighted by atomic mass is 10.4. The Labute approximate surface area is 89.9 Å². The molecule has 0 spiro atoms.